The van der Waals surface area contributed by atoms with E-state index in [4.69, 9.17) is 0 Å². The van der Waals surface area contributed by atoms with Crippen LogP contribution in [0.3, 0.4) is 0 Å². The summed E-state index contributed by atoms with van der Waals surface area (Å²) in [5.74, 6) is 0.0994. The molecule has 1 fully saturated rings. The number of thiophene rings is 1. The molecular weight excluding hydrogens is 314 g/mol. The van der Waals surface area contributed by atoms with E-state index in [-0.39, 0.29) is 18.1 Å². The molecule has 0 aromatic carbocycles. The van der Waals surface area contributed by atoms with Gasteiger partial charge in [-0.15, -0.1) is 11.3 Å². The molecule has 2 atom stereocenters. The number of hydrogen-bond donors (Lipinski definition) is 1. The maximum Gasteiger partial charge on any atom is 0.254 e. The summed E-state index contributed by atoms with van der Waals surface area (Å²) in [4.78, 5) is 14.4. The van der Waals surface area contributed by atoms with E-state index in [1.807, 2.05) is 16.3 Å². The Hall–Kier alpha value is -0.390. The number of hydrogen-bond acceptors (Lipinski definition) is 3. The lowest BCUT2D eigenvalue weighted by molar-refractivity contribution is 0.0515. The Balaban J connectivity index is 2.10. The predicted octanol–water partition coefficient (Wildman–Crippen LogP) is 3.28. The summed E-state index contributed by atoms with van der Waals surface area (Å²) in [7, 11) is 0. The highest BCUT2D eigenvalue weighted by Crippen LogP contribution is 2.26. The highest BCUT2D eigenvalue weighted by Gasteiger charge is 2.28. The summed E-state index contributed by atoms with van der Waals surface area (Å²) in [6.45, 7) is 2.60. The standard InChI is InChI=1S/C13H18BrNO2S/c1-9(16)6-11-4-2-3-5-15(11)13(17)10-7-12(14)18-8-10/h7-9,11,16H,2-6H2,1H3. The second kappa shape index (κ2) is 6.17. The minimum Gasteiger partial charge on any atom is -0.393 e. The third-order valence-corrected chi connectivity index (χ3v) is 4.82. The summed E-state index contributed by atoms with van der Waals surface area (Å²) >= 11 is 4.92. The van der Waals surface area contributed by atoms with Gasteiger partial charge in [0.25, 0.3) is 5.91 Å². The highest BCUT2D eigenvalue weighted by molar-refractivity contribution is 9.11. The van der Waals surface area contributed by atoms with Crippen LogP contribution in [0.25, 0.3) is 0 Å². The first kappa shape index (κ1) is 14.0. The van der Waals surface area contributed by atoms with Crippen molar-refractivity contribution in [3.05, 3.63) is 20.8 Å². The Labute approximate surface area is 120 Å². The highest BCUT2D eigenvalue weighted by atomic mass is 79.9. The molecule has 1 saturated heterocycles. The fraction of sp³-hybridized carbons (Fsp3) is 0.615. The Kier molecular flexibility index (Phi) is 4.81. The summed E-state index contributed by atoms with van der Waals surface area (Å²) in [5.41, 5.74) is 0.754. The van der Waals surface area contributed by atoms with Gasteiger partial charge in [0.15, 0.2) is 0 Å². The fourth-order valence-electron chi connectivity index (χ4n) is 2.49. The maximum absolute atomic E-state index is 12.4. The molecule has 1 aliphatic rings. The second-order valence-electron chi connectivity index (χ2n) is 4.87. The number of aliphatic hydroxyl groups is 1. The lowest BCUT2D eigenvalue weighted by Crippen LogP contribution is -2.44. The van der Waals surface area contributed by atoms with Gasteiger partial charge in [-0.2, -0.15) is 0 Å². The van der Waals surface area contributed by atoms with Crippen molar-refractivity contribution in [2.75, 3.05) is 6.54 Å². The van der Waals surface area contributed by atoms with Gasteiger partial charge in [0.05, 0.1) is 15.5 Å². The van der Waals surface area contributed by atoms with Gasteiger partial charge in [0.2, 0.25) is 0 Å². The van der Waals surface area contributed by atoms with E-state index < -0.39 is 0 Å². The van der Waals surface area contributed by atoms with Gasteiger partial charge in [0, 0.05) is 18.0 Å². The van der Waals surface area contributed by atoms with Crippen molar-refractivity contribution in [1.82, 2.24) is 4.90 Å². The zero-order valence-corrected chi connectivity index (χ0v) is 12.8. The quantitative estimate of drug-likeness (QED) is 0.923. The van der Waals surface area contributed by atoms with Crippen molar-refractivity contribution in [2.45, 2.75) is 44.8 Å². The van der Waals surface area contributed by atoms with E-state index in [9.17, 15) is 9.90 Å². The fourth-order valence-corrected chi connectivity index (χ4v) is 3.63. The first-order valence-electron chi connectivity index (χ1n) is 6.31. The number of carbonyl (C=O) groups excluding carboxylic acids is 1. The van der Waals surface area contributed by atoms with Crippen LogP contribution in [0, 0.1) is 0 Å². The van der Waals surface area contributed by atoms with Crippen LogP contribution in [0.1, 0.15) is 43.0 Å². The number of nitrogens with zero attached hydrogens (tertiary/aromatic N) is 1. The van der Waals surface area contributed by atoms with Crippen LogP contribution in [0.4, 0.5) is 0 Å². The molecular formula is C13H18BrNO2S. The first-order chi connectivity index (χ1) is 8.58. The van der Waals surface area contributed by atoms with Crippen molar-refractivity contribution in [2.24, 2.45) is 0 Å². The van der Waals surface area contributed by atoms with E-state index in [0.717, 1.165) is 35.2 Å². The predicted molar refractivity (Wildman–Crippen MR) is 77.0 cm³/mol. The third-order valence-electron chi connectivity index (χ3n) is 3.32. The van der Waals surface area contributed by atoms with Gasteiger partial charge < -0.3 is 10.0 Å². The van der Waals surface area contributed by atoms with E-state index in [0.29, 0.717) is 6.42 Å². The number of amides is 1. The van der Waals surface area contributed by atoms with Gasteiger partial charge in [-0.05, 0) is 54.6 Å². The summed E-state index contributed by atoms with van der Waals surface area (Å²) < 4.78 is 0.981. The molecule has 18 heavy (non-hydrogen) atoms. The molecule has 1 aliphatic heterocycles. The van der Waals surface area contributed by atoms with Gasteiger partial charge in [-0.25, -0.2) is 0 Å². The molecule has 2 heterocycles. The van der Waals surface area contributed by atoms with E-state index in [2.05, 4.69) is 15.9 Å². The monoisotopic (exact) mass is 331 g/mol. The SMILES string of the molecule is CC(O)CC1CCCCN1C(=O)c1csc(Br)c1. The largest absolute Gasteiger partial charge is 0.393 e. The Bertz CT molecular complexity index is 419. The van der Waals surface area contributed by atoms with Crippen LogP contribution < -0.4 is 0 Å². The molecule has 1 aromatic rings. The molecule has 1 N–H and O–H groups in total. The molecule has 0 radical (unpaired) electrons. The number of aliphatic hydroxyl groups excluding tert-OH is 1. The van der Waals surface area contributed by atoms with Crippen molar-refractivity contribution in [3.63, 3.8) is 0 Å². The van der Waals surface area contributed by atoms with Crippen LogP contribution in [0.2, 0.25) is 0 Å². The zero-order valence-electron chi connectivity index (χ0n) is 10.4. The topological polar surface area (TPSA) is 40.5 Å². The third kappa shape index (κ3) is 3.33. The molecule has 2 unspecified atom stereocenters. The molecule has 0 spiro atoms. The van der Waals surface area contributed by atoms with Crippen molar-refractivity contribution < 1.29 is 9.90 Å². The molecule has 2 rings (SSSR count). The minimum atomic E-state index is -0.349. The van der Waals surface area contributed by atoms with Crippen molar-refractivity contribution in [1.29, 1.82) is 0 Å². The number of rotatable bonds is 3. The molecule has 0 aliphatic carbocycles. The van der Waals surface area contributed by atoms with Gasteiger partial charge in [-0.3, -0.25) is 4.79 Å². The lowest BCUT2D eigenvalue weighted by atomic mass is 9.96. The van der Waals surface area contributed by atoms with Crippen LogP contribution in [0.15, 0.2) is 15.2 Å². The summed E-state index contributed by atoms with van der Waals surface area (Å²) in [5, 5.41) is 11.4. The van der Waals surface area contributed by atoms with Crippen LogP contribution in [0.5, 0.6) is 0 Å². The molecule has 100 valence electrons. The molecule has 0 bridgehead atoms. The molecule has 1 amide bonds. The minimum absolute atomic E-state index is 0.0994. The van der Waals surface area contributed by atoms with Crippen LogP contribution in [-0.2, 0) is 0 Å². The zero-order chi connectivity index (χ0) is 13.1. The van der Waals surface area contributed by atoms with E-state index in [1.165, 1.54) is 11.3 Å². The Morgan fingerprint density at radius 1 is 1.67 bits per heavy atom. The molecule has 1 aromatic heterocycles. The van der Waals surface area contributed by atoms with Crippen molar-refractivity contribution in [3.8, 4) is 0 Å². The van der Waals surface area contributed by atoms with Crippen LogP contribution in [-0.4, -0.2) is 34.6 Å². The van der Waals surface area contributed by atoms with E-state index >= 15 is 0 Å². The Morgan fingerprint density at radius 3 is 3.06 bits per heavy atom. The lowest BCUT2D eigenvalue weighted by Gasteiger charge is -2.36. The normalized spacial score (nSPS) is 21.9. The van der Waals surface area contributed by atoms with Gasteiger partial charge in [0.1, 0.15) is 0 Å². The van der Waals surface area contributed by atoms with Gasteiger partial charge in [-0.1, -0.05) is 0 Å². The molecule has 0 saturated carbocycles. The maximum atomic E-state index is 12.4. The number of likely N-dealkylation sites (tertiary alicyclic amines) is 1. The smallest absolute Gasteiger partial charge is 0.254 e. The number of piperidine rings is 1. The van der Waals surface area contributed by atoms with Crippen LogP contribution >= 0.6 is 27.3 Å². The van der Waals surface area contributed by atoms with E-state index in [1.54, 1.807) is 6.92 Å². The van der Waals surface area contributed by atoms with Gasteiger partial charge >= 0.3 is 0 Å². The first-order valence-corrected chi connectivity index (χ1v) is 7.98. The Morgan fingerprint density at radius 2 is 2.44 bits per heavy atom. The molecule has 3 nitrogen and oxygen atoms in total. The van der Waals surface area contributed by atoms with Crippen molar-refractivity contribution >= 4 is 33.2 Å². The average Bonchev–Trinajstić information content (AvgIpc) is 2.75. The second-order valence-corrected chi connectivity index (χ2v) is 7.16. The summed E-state index contributed by atoms with van der Waals surface area (Å²) in [6, 6.07) is 2.06. The number of carbonyl (C=O) groups is 1. The summed E-state index contributed by atoms with van der Waals surface area (Å²) in [6.07, 6.45) is 3.54. The molecule has 5 heteroatoms. The average molecular weight is 332 g/mol. The number of halogens is 1.